The number of methoxy groups -OCH3 is 1. The summed E-state index contributed by atoms with van der Waals surface area (Å²) in [5, 5.41) is 0. The van der Waals surface area contributed by atoms with Crippen LogP contribution in [-0.2, 0) is 11.3 Å². The van der Waals surface area contributed by atoms with Crippen LogP contribution in [-0.4, -0.2) is 13.1 Å². The normalized spacial score (nSPS) is 10.2. The van der Waals surface area contributed by atoms with Crippen molar-refractivity contribution in [3.63, 3.8) is 0 Å². The van der Waals surface area contributed by atoms with Crippen molar-refractivity contribution < 1.29 is 18.7 Å². The first kappa shape index (κ1) is 14.1. The highest BCUT2D eigenvalue weighted by molar-refractivity contribution is 5.90. The molecule has 4 heteroatoms. The van der Waals surface area contributed by atoms with Crippen molar-refractivity contribution in [3.8, 4) is 5.75 Å². The molecular formula is C16H15FO3. The lowest BCUT2D eigenvalue weighted by molar-refractivity contribution is 0.0468. The Morgan fingerprint density at radius 1 is 1.20 bits per heavy atom. The van der Waals surface area contributed by atoms with Gasteiger partial charge >= 0.3 is 5.97 Å². The molecule has 0 saturated carbocycles. The third-order valence-corrected chi connectivity index (χ3v) is 2.96. The molecule has 0 heterocycles. The van der Waals surface area contributed by atoms with Crippen molar-refractivity contribution in [2.45, 2.75) is 13.5 Å². The zero-order valence-corrected chi connectivity index (χ0v) is 11.4. The summed E-state index contributed by atoms with van der Waals surface area (Å²) in [7, 11) is 1.54. The van der Waals surface area contributed by atoms with E-state index >= 15 is 0 Å². The molecule has 2 aromatic rings. The molecule has 0 saturated heterocycles. The van der Waals surface area contributed by atoms with Gasteiger partial charge in [-0.3, -0.25) is 0 Å². The van der Waals surface area contributed by atoms with Gasteiger partial charge in [-0.05, 0) is 30.7 Å². The Balaban J connectivity index is 2.07. The molecule has 0 aliphatic heterocycles. The quantitative estimate of drug-likeness (QED) is 0.800. The van der Waals surface area contributed by atoms with Gasteiger partial charge in [0.2, 0.25) is 0 Å². The number of rotatable bonds is 4. The van der Waals surface area contributed by atoms with Crippen LogP contribution in [0.3, 0.4) is 0 Å². The summed E-state index contributed by atoms with van der Waals surface area (Å²) in [4.78, 5) is 11.9. The first-order valence-electron chi connectivity index (χ1n) is 6.17. The summed E-state index contributed by atoms with van der Waals surface area (Å²) in [6, 6.07) is 11.2. The van der Waals surface area contributed by atoms with Crippen molar-refractivity contribution in [1.82, 2.24) is 0 Å². The van der Waals surface area contributed by atoms with E-state index in [1.165, 1.54) is 13.2 Å². The van der Waals surface area contributed by atoms with E-state index < -0.39 is 5.97 Å². The van der Waals surface area contributed by atoms with Crippen LogP contribution >= 0.6 is 0 Å². The minimum atomic E-state index is -0.508. The van der Waals surface area contributed by atoms with Crippen LogP contribution in [0.25, 0.3) is 0 Å². The highest BCUT2D eigenvalue weighted by Gasteiger charge is 2.11. The van der Waals surface area contributed by atoms with Gasteiger partial charge in [0, 0.05) is 5.56 Å². The standard InChI is InChI=1S/C16H15FO3/c1-11-7-8-12(9-15(11)19-2)16(18)20-10-13-5-3-4-6-14(13)17/h3-9H,10H2,1-2H3. The summed E-state index contributed by atoms with van der Waals surface area (Å²) in [6.45, 7) is 1.79. The second kappa shape index (κ2) is 6.19. The molecule has 3 nitrogen and oxygen atoms in total. The SMILES string of the molecule is COc1cc(C(=O)OCc2ccccc2F)ccc1C. The number of carbonyl (C=O) groups excluding carboxylic acids is 1. The van der Waals surface area contributed by atoms with Crippen LogP contribution < -0.4 is 4.74 Å². The van der Waals surface area contributed by atoms with E-state index in [2.05, 4.69) is 0 Å². The molecule has 0 amide bonds. The largest absolute Gasteiger partial charge is 0.496 e. The third-order valence-electron chi connectivity index (χ3n) is 2.96. The van der Waals surface area contributed by atoms with Crippen LogP contribution in [0.5, 0.6) is 5.75 Å². The smallest absolute Gasteiger partial charge is 0.338 e. The van der Waals surface area contributed by atoms with Gasteiger partial charge in [-0.15, -0.1) is 0 Å². The van der Waals surface area contributed by atoms with Crippen molar-refractivity contribution in [2.24, 2.45) is 0 Å². The van der Waals surface area contributed by atoms with Gasteiger partial charge in [-0.2, -0.15) is 0 Å². The zero-order chi connectivity index (χ0) is 14.5. The number of carbonyl (C=O) groups is 1. The summed E-state index contributed by atoms with van der Waals surface area (Å²) >= 11 is 0. The fourth-order valence-corrected chi connectivity index (χ4v) is 1.79. The molecule has 0 atom stereocenters. The van der Waals surface area contributed by atoms with E-state index in [0.29, 0.717) is 16.9 Å². The lowest BCUT2D eigenvalue weighted by atomic mass is 10.1. The number of ether oxygens (including phenoxy) is 2. The number of esters is 1. The summed E-state index contributed by atoms with van der Waals surface area (Å²) in [6.07, 6.45) is 0. The minimum absolute atomic E-state index is 0.0955. The number of aryl methyl sites for hydroxylation is 1. The van der Waals surface area contributed by atoms with E-state index in [0.717, 1.165) is 5.56 Å². The van der Waals surface area contributed by atoms with Gasteiger partial charge < -0.3 is 9.47 Å². The first-order chi connectivity index (χ1) is 9.61. The Labute approximate surface area is 117 Å². The summed E-state index contributed by atoms with van der Waals surface area (Å²) in [5.74, 6) is -0.279. The number of hydrogen-bond donors (Lipinski definition) is 0. The maximum Gasteiger partial charge on any atom is 0.338 e. The van der Waals surface area contributed by atoms with Gasteiger partial charge in [0.15, 0.2) is 0 Å². The molecule has 0 aliphatic carbocycles. The van der Waals surface area contributed by atoms with E-state index in [9.17, 15) is 9.18 Å². The molecule has 0 spiro atoms. The lowest BCUT2D eigenvalue weighted by Gasteiger charge is -2.08. The van der Waals surface area contributed by atoms with E-state index in [4.69, 9.17) is 9.47 Å². The number of benzene rings is 2. The molecule has 104 valence electrons. The maximum absolute atomic E-state index is 13.4. The average Bonchev–Trinajstić information content (AvgIpc) is 2.46. The van der Waals surface area contributed by atoms with Crippen LogP contribution in [0.15, 0.2) is 42.5 Å². The molecule has 20 heavy (non-hydrogen) atoms. The third kappa shape index (κ3) is 3.15. The highest BCUT2D eigenvalue weighted by Crippen LogP contribution is 2.20. The Bertz CT molecular complexity index is 623. The maximum atomic E-state index is 13.4. The fourth-order valence-electron chi connectivity index (χ4n) is 1.79. The Morgan fingerprint density at radius 3 is 2.65 bits per heavy atom. The van der Waals surface area contributed by atoms with Crippen molar-refractivity contribution in [1.29, 1.82) is 0 Å². The fraction of sp³-hybridized carbons (Fsp3) is 0.188. The zero-order valence-electron chi connectivity index (χ0n) is 11.4. The summed E-state index contributed by atoms with van der Waals surface area (Å²) in [5.41, 5.74) is 1.65. The van der Waals surface area contributed by atoms with Crippen molar-refractivity contribution >= 4 is 5.97 Å². The Hall–Kier alpha value is -2.36. The monoisotopic (exact) mass is 274 g/mol. The van der Waals surface area contributed by atoms with E-state index in [-0.39, 0.29) is 12.4 Å². The van der Waals surface area contributed by atoms with Crippen LogP contribution in [0, 0.1) is 12.7 Å². The van der Waals surface area contributed by atoms with Crippen LogP contribution in [0.4, 0.5) is 4.39 Å². The predicted octanol–water partition coefficient (Wildman–Crippen LogP) is 3.50. The Morgan fingerprint density at radius 2 is 1.95 bits per heavy atom. The molecule has 0 unspecified atom stereocenters. The van der Waals surface area contributed by atoms with Gasteiger partial charge in [-0.1, -0.05) is 24.3 Å². The molecule has 0 aliphatic rings. The molecule has 2 aromatic carbocycles. The molecule has 0 aromatic heterocycles. The van der Waals surface area contributed by atoms with Gasteiger partial charge in [0.1, 0.15) is 18.2 Å². The summed E-state index contributed by atoms with van der Waals surface area (Å²) < 4.78 is 23.7. The Kier molecular flexibility index (Phi) is 4.35. The van der Waals surface area contributed by atoms with Gasteiger partial charge in [-0.25, -0.2) is 9.18 Å². The molecule has 2 rings (SSSR count). The van der Waals surface area contributed by atoms with Gasteiger partial charge in [0.25, 0.3) is 0 Å². The van der Waals surface area contributed by atoms with Crippen molar-refractivity contribution in [2.75, 3.05) is 7.11 Å². The molecule has 0 N–H and O–H groups in total. The van der Waals surface area contributed by atoms with Gasteiger partial charge in [0.05, 0.1) is 12.7 Å². The number of hydrogen-bond acceptors (Lipinski definition) is 3. The highest BCUT2D eigenvalue weighted by atomic mass is 19.1. The van der Waals surface area contributed by atoms with Crippen molar-refractivity contribution in [3.05, 3.63) is 65.0 Å². The van der Waals surface area contributed by atoms with E-state index in [1.54, 1.807) is 36.4 Å². The predicted molar refractivity (Wildman–Crippen MR) is 73.3 cm³/mol. The van der Waals surface area contributed by atoms with Crippen LogP contribution in [0.2, 0.25) is 0 Å². The molecule has 0 fully saturated rings. The molecular weight excluding hydrogens is 259 g/mol. The topological polar surface area (TPSA) is 35.5 Å². The van der Waals surface area contributed by atoms with Crippen LogP contribution in [0.1, 0.15) is 21.5 Å². The number of halogens is 1. The minimum Gasteiger partial charge on any atom is -0.496 e. The van der Waals surface area contributed by atoms with E-state index in [1.807, 2.05) is 6.92 Å². The molecule has 0 bridgehead atoms. The first-order valence-corrected chi connectivity index (χ1v) is 6.17. The lowest BCUT2D eigenvalue weighted by Crippen LogP contribution is -2.06. The second-order valence-electron chi connectivity index (χ2n) is 4.35. The second-order valence-corrected chi connectivity index (χ2v) is 4.35. The average molecular weight is 274 g/mol. The molecule has 0 radical (unpaired) electrons.